The first-order valence-electron chi connectivity index (χ1n) is 8.41. The van der Waals surface area contributed by atoms with Crippen LogP contribution in [0.25, 0.3) is 0 Å². The van der Waals surface area contributed by atoms with Crippen LogP contribution in [-0.4, -0.2) is 50.5 Å². The minimum atomic E-state index is -0.408. The lowest BCUT2D eigenvalue weighted by atomic mass is 9.93. The molecule has 21 heavy (non-hydrogen) atoms. The molecule has 2 rings (SSSR count). The van der Waals surface area contributed by atoms with Crippen molar-refractivity contribution in [2.75, 3.05) is 26.3 Å². The average molecular weight is 298 g/mol. The van der Waals surface area contributed by atoms with Crippen LogP contribution in [0.5, 0.6) is 0 Å². The molecule has 0 saturated carbocycles. The van der Waals surface area contributed by atoms with Gasteiger partial charge in [0.15, 0.2) is 0 Å². The smallest absolute Gasteiger partial charge is 0.248 e. The van der Waals surface area contributed by atoms with Crippen molar-refractivity contribution >= 4 is 5.91 Å². The second kappa shape index (κ2) is 8.71. The Kier molecular flexibility index (Phi) is 6.93. The van der Waals surface area contributed by atoms with Crippen LogP contribution in [0.1, 0.15) is 46.0 Å². The number of carbonyl (C=O) groups is 1. The zero-order valence-corrected chi connectivity index (χ0v) is 13.4. The molecule has 122 valence electrons. The molecule has 0 unspecified atom stereocenters. The normalized spacial score (nSPS) is 31.6. The van der Waals surface area contributed by atoms with Crippen LogP contribution >= 0.6 is 0 Å². The number of nitrogens with one attached hydrogen (secondary N) is 2. The first-order chi connectivity index (χ1) is 10.2. The van der Waals surface area contributed by atoms with E-state index in [0.29, 0.717) is 25.1 Å². The highest BCUT2D eigenvalue weighted by molar-refractivity contribution is 5.80. The van der Waals surface area contributed by atoms with Crippen molar-refractivity contribution in [2.45, 2.75) is 64.2 Å². The maximum Gasteiger partial charge on any atom is 0.248 e. The number of hydrogen-bond acceptors (Lipinski definition) is 4. The standard InChI is InChI=1S/C16H30N2O3/c1-12-6-5-8-17-15(12)10-18-16(19)13(2)21-11-14-7-3-4-9-20-14/h12-15,17H,3-11H2,1-2H3,(H,18,19)/t12-,13+,14+,15+/m1/s1. The lowest BCUT2D eigenvalue weighted by molar-refractivity contribution is -0.135. The predicted molar refractivity (Wildman–Crippen MR) is 82.2 cm³/mol. The molecule has 0 aromatic rings. The highest BCUT2D eigenvalue weighted by atomic mass is 16.5. The van der Waals surface area contributed by atoms with Crippen molar-refractivity contribution in [1.29, 1.82) is 0 Å². The Bertz CT molecular complexity index is 319. The molecule has 1 amide bonds. The van der Waals surface area contributed by atoms with Gasteiger partial charge in [-0.2, -0.15) is 0 Å². The van der Waals surface area contributed by atoms with Crippen molar-refractivity contribution in [3.63, 3.8) is 0 Å². The number of rotatable bonds is 6. The minimum Gasteiger partial charge on any atom is -0.376 e. The third kappa shape index (κ3) is 5.57. The molecule has 0 aromatic heterocycles. The van der Waals surface area contributed by atoms with E-state index < -0.39 is 6.10 Å². The van der Waals surface area contributed by atoms with Crippen molar-refractivity contribution < 1.29 is 14.3 Å². The van der Waals surface area contributed by atoms with Crippen LogP contribution in [-0.2, 0) is 14.3 Å². The van der Waals surface area contributed by atoms with E-state index in [2.05, 4.69) is 17.6 Å². The van der Waals surface area contributed by atoms with E-state index in [-0.39, 0.29) is 12.0 Å². The van der Waals surface area contributed by atoms with E-state index in [9.17, 15) is 4.79 Å². The SMILES string of the molecule is C[C@H](OC[C@@H]1CCCCO1)C(=O)NC[C@@H]1NCCC[C@H]1C. The van der Waals surface area contributed by atoms with E-state index in [4.69, 9.17) is 9.47 Å². The molecule has 0 aromatic carbocycles. The first kappa shape index (κ1) is 16.7. The lowest BCUT2D eigenvalue weighted by Crippen LogP contribution is -2.49. The Morgan fingerprint density at radius 3 is 2.95 bits per heavy atom. The topological polar surface area (TPSA) is 59.6 Å². The maximum atomic E-state index is 12.1. The van der Waals surface area contributed by atoms with Crippen LogP contribution in [0.15, 0.2) is 0 Å². The van der Waals surface area contributed by atoms with Crippen LogP contribution in [0.3, 0.4) is 0 Å². The zero-order valence-electron chi connectivity index (χ0n) is 13.4. The van der Waals surface area contributed by atoms with Crippen molar-refractivity contribution in [2.24, 2.45) is 5.92 Å². The fraction of sp³-hybridized carbons (Fsp3) is 0.938. The zero-order chi connectivity index (χ0) is 15.1. The molecule has 0 aliphatic carbocycles. The van der Waals surface area contributed by atoms with Crippen molar-refractivity contribution in [3.05, 3.63) is 0 Å². The van der Waals surface area contributed by atoms with Gasteiger partial charge in [-0.15, -0.1) is 0 Å². The quantitative estimate of drug-likeness (QED) is 0.779. The summed E-state index contributed by atoms with van der Waals surface area (Å²) < 4.78 is 11.3. The Morgan fingerprint density at radius 2 is 2.24 bits per heavy atom. The molecule has 2 heterocycles. The molecule has 4 atom stereocenters. The van der Waals surface area contributed by atoms with E-state index in [1.807, 2.05) is 6.92 Å². The molecule has 2 saturated heterocycles. The van der Waals surface area contributed by atoms with Gasteiger partial charge in [0.1, 0.15) is 6.10 Å². The number of amides is 1. The summed E-state index contributed by atoms with van der Waals surface area (Å²) in [6, 6.07) is 0.386. The van der Waals surface area contributed by atoms with Gasteiger partial charge in [0, 0.05) is 19.2 Å². The number of ether oxygens (including phenoxy) is 2. The molecule has 2 N–H and O–H groups in total. The monoisotopic (exact) mass is 298 g/mol. The predicted octanol–water partition coefficient (Wildman–Crippen LogP) is 1.46. The summed E-state index contributed by atoms with van der Waals surface area (Å²) in [5.41, 5.74) is 0. The summed E-state index contributed by atoms with van der Waals surface area (Å²) >= 11 is 0. The van der Waals surface area contributed by atoms with E-state index >= 15 is 0 Å². The second-order valence-corrected chi connectivity index (χ2v) is 6.39. The molecular weight excluding hydrogens is 268 g/mol. The Balaban J connectivity index is 1.62. The van der Waals surface area contributed by atoms with Crippen molar-refractivity contribution in [1.82, 2.24) is 10.6 Å². The van der Waals surface area contributed by atoms with Gasteiger partial charge >= 0.3 is 0 Å². The van der Waals surface area contributed by atoms with Crippen LogP contribution in [0, 0.1) is 5.92 Å². The molecule has 0 radical (unpaired) electrons. The summed E-state index contributed by atoms with van der Waals surface area (Å²) in [6.45, 7) is 7.13. The maximum absolute atomic E-state index is 12.1. The summed E-state index contributed by atoms with van der Waals surface area (Å²) in [6.07, 6.45) is 5.59. The number of hydrogen-bond donors (Lipinski definition) is 2. The summed E-state index contributed by atoms with van der Waals surface area (Å²) in [7, 11) is 0. The van der Waals surface area contributed by atoms with Crippen molar-refractivity contribution in [3.8, 4) is 0 Å². The number of carbonyl (C=O) groups excluding carboxylic acids is 1. The highest BCUT2D eigenvalue weighted by Crippen LogP contribution is 2.15. The summed E-state index contributed by atoms with van der Waals surface area (Å²) in [4.78, 5) is 12.1. The Labute approximate surface area is 128 Å². The molecule has 2 aliphatic rings. The summed E-state index contributed by atoms with van der Waals surface area (Å²) in [5.74, 6) is 0.594. The average Bonchev–Trinajstić information content (AvgIpc) is 2.52. The van der Waals surface area contributed by atoms with Gasteiger partial charge in [0.2, 0.25) is 5.91 Å². The fourth-order valence-corrected chi connectivity index (χ4v) is 3.01. The van der Waals surface area contributed by atoms with E-state index in [1.165, 1.54) is 19.3 Å². The second-order valence-electron chi connectivity index (χ2n) is 6.39. The third-order valence-corrected chi connectivity index (χ3v) is 4.60. The van der Waals surface area contributed by atoms with Crippen LogP contribution < -0.4 is 10.6 Å². The van der Waals surface area contributed by atoms with Crippen LogP contribution in [0.4, 0.5) is 0 Å². The molecule has 5 heteroatoms. The van der Waals surface area contributed by atoms with Gasteiger partial charge in [-0.05, 0) is 51.5 Å². The fourth-order valence-electron chi connectivity index (χ4n) is 3.01. The van der Waals surface area contributed by atoms with Gasteiger partial charge in [-0.25, -0.2) is 0 Å². The van der Waals surface area contributed by atoms with E-state index in [0.717, 1.165) is 26.0 Å². The van der Waals surface area contributed by atoms with Gasteiger partial charge in [-0.1, -0.05) is 6.92 Å². The lowest BCUT2D eigenvalue weighted by Gasteiger charge is -2.30. The Morgan fingerprint density at radius 1 is 1.38 bits per heavy atom. The molecule has 0 bridgehead atoms. The third-order valence-electron chi connectivity index (χ3n) is 4.60. The molecular formula is C16H30N2O3. The van der Waals surface area contributed by atoms with Crippen LogP contribution in [0.2, 0.25) is 0 Å². The van der Waals surface area contributed by atoms with Gasteiger partial charge < -0.3 is 20.1 Å². The first-order valence-corrected chi connectivity index (χ1v) is 8.41. The van der Waals surface area contributed by atoms with E-state index in [1.54, 1.807) is 0 Å². The highest BCUT2D eigenvalue weighted by Gasteiger charge is 2.23. The largest absolute Gasteiger partial charge is 0.376 e. The molecule has 0 spiro atoms. The molecule has 5 nitrogen and oxygen atoms in total. The molecule has 2 aliphatic heterocycles. The number of piperidine rings is 1. The summed E-state index contributed by atoms with van der Waals surface area (Å²) in [5, 5.41) is 6.47. The molecule has 2 fully saturated rings. The minimum absolute atomic E-state index is 0.0228. The van der Waals surface area contributed by atoms with Gasteiger partial charge in [0.25, 0.3) is 0 Å². The Hall–Kier alpha value is -0.650. The van der Waals surface area contributed by atoms with Gasteiger partial charge in [0.05, 0.1) is 12.7 Å². The van der Waals surface area contributed by atoms with Gasteiger partial charge in [-0.3, -0.25) is 4.79 Å².